The number of nitrogens with zero attached hydrogens (tertiary/aromatic N) is 4. The van der Waals surface area contributed by atoms with Crippen LogP contribution in [0.2, 0.25) is 0 Å². The molecule has 184 valence electrons. The summed E-state index contributed by atoms with van der Waals surface area (Å²) in [5, 5.41) is 0. The molecule has 0 aromatic rings. The summed E-state index contributed by atoms with van der Waals surface area (Å²) >= 11 is 0. The van der Waals surface area contributed by atoms with E-state index in [1.54, 1.807) is 9.80 Å². The minimum Gasteiger partial charge on any atom is -0.341 e. The fourth-order valence-electron chi connectivity index (χ4n) is 6.02. The molecule has 4 fully saturated rings. The molecular weight excluding hydrogens is 420 g/mol. The van der Waals surface area contributed by atoms with E-state index >= 15 is 0 Å². The Morgan fingerprint density at radius 2 is 0.970 bits per heavy atom. The molecule has 4 amide bonds. The lowest BCUT2D eigenvalue weighted by Gasteiger charge is -2.33. The second-order valence-corrected chi connectivity index (χ2v) is 11.1. The second kappa shape index (κ2) is 10.0. The summed E-state index contributed by atoms with van der Waals surface area (Å²) in [5.74, 6) is 0.114. The Morgan fingerprint density at radius 3 is 1.33 bits per heavy atom. The number of hydrogen-bond donors (Lipinski definition) is 0. The zero-order valence-corrected chi connectivity index (χ0v) is 20.4. The number of carbonyl (C=O) groups excluding carboxylic acids is 4. The van der Waals surface area contributed by atoms with E-state index in [0.717, 1.165) is 77.5 Å². The SMILES string of the molecule is CC(C)(CC(=O)N1CCC[C@H]1C(=O)N1CCCC1)CC(=O)N1CCC[C@H]1C(=O)N1CCCC1. The van der Waals surface area contributed by atoms with Gasteiger partial charge in [0.15, 0.2) is 0 Å². The molecule has 0 aliphatic carbocycles. The van der Waals surface area contributed by atoms with E-state index in [-0.39, 0.29) is 48.6 Å². The maximum Gasteiger partial charge on any atom is 0.245 e. The Labute approximate surface area is 197 Å². The molecule has 0 aromatic heterocycles. The van der Waals surface area contributed by atoms with Gasteiger partial charge in [-0.2, -0.15) is 0 Å². The summed E-state index contributed by atoms with van der Waals surface area (Å²) in [6, 6.07) is -0.689. The largest absolute Gasteiger partial charge is 0.341 e. The molecule has 0 aromatic carbocycles. The molecule has 0 saturated carbocycles. The van der Waals surface area contributed by atoms with Crippen LogP contribution in [0.25, 0.3) is 0 Å². The second-order valence-electron chi connectivity index (χ2n) is 11.1. The average Bonchev–Trinajstić information content (AvgIpc) is 3.58. The van der Waals surface area contributed by atoms with E-state index in [9.17, 15) is 19.2 Å². The van der Waals surface area contributed by atoms with Crippen LogP contribution in [0.1, 0.15) is 78.1 Å². The third kappa shape index (κ3) is 5.35. The quantitative estimate of drug-likeness (QED) is 0.607. The predicted molar refractivity (Wildman–Crippen MR) is 124 cm³/mol. The Hall–Kier alpha value is -2.12. The first-order valence-corrected chi connectivity index (χ1v) is 12.9. The molecular formula is C25H40N4O4. The van der Waals surface area contributed by atoms with Crippen LogP contribution in [0, 0.1) is 5.41 Å². The molecule has 4 aliphatic heterocycles. The number of likely N-dealkylation sites (tertiary alicyclic amines) is 4. The van der Waals surface area contributed by atoms with E-state index in [1.165, 1.54) is 0 Å². The van der Waals surface area contributed by atoms with Crippen LogP contribution in [0.3, 0.4) is 0 Å². The summed E-state index contributed by atoms with van der Waals surface area (Å²) in [6.45, 7) is 8.31. The molecule has 4 heterocycles. The van der Waals surface area contributed by atoms with Gasteiger partial charge in [-0.05, 0) is 56.8 Å². The number of amides is 4. The number of carbonyl (C=O) groups is 4. The topological polar surface area (TPSA) is 81.2 Å². The van der Waals surface area contributed by atoms with Crippen molar-refractivity contribution >= 4 is 23.6 Å². The van der Waals surface area contributed by atoms with E-state index in [2.05, 4.69) is 0 Å². The van der Waals surface area contributed by atoms with Crippen molar-refractivity contribution in [3.8, 4) is 0 Å². The molecule has 0 spiro atoms. The molecule has 4 rings (SSSR count). The highest BCUT2D eigenvalue weighted by atomic mass is 16.2. The minimum absolute atomic E-state index is 0.0334. The van der Waals surface area contributed by atoms with Gasteiger partial charge in [-0.15, -0.1) is 0 Å². The lowest BCUT2D eigenvalue weighted by atomic mass is 9.84. The van der Waals surface area contributed by atoms with E-state index in [1.807, 2.05) is 23.6 Å². The zero-order valence-electron chi connectivity index (χ0n) is 20.4. The Morgan fingerprint density at radius 1 is 0.606 bits per heavy atom. The van der Waals surface area contributed by atoms with Crippen LogP contribution >= 0.6 is 0 Å². The van der Waals surface area contributed by atoms with Crippen molar-refractivity contribution in [2.24, 2.45) is 5.41 Å². The molecule has 0 unspecified atom stereocenters. The van der Waals surface area contributed by atoms with Crippen LogP contribution < -0.4 is 0 Å². The van der Waals surface area contributed by atoms with Gasteiger partial charge >= 0.3 is 0 Å². The van der Waals surface area contributed by atoms with E-state index in [0.29, 0.717) is 13.1 Å². The monoisotopic (exact) mass is 460 g/mol. The molecule has 0 N–H and O–H groups in total. The van der Waals surface area contributed by atoms with Crippen LogP contribution in [0.15, 0.2) is 0 Å². The predicted octanol–water partition coefficient (Wildman–Crippen LogP) is 2.02. The zero-order chi connectivity index (χ0) is 23.6. The Balaban J connectivity index is 1.33. The molecule has 4 aliphatic rings. The molecule has 33 heavy (non-hydrogen) atoms. The van der Waals surface area contributed by atoms with Gasteiger partial charge in [-0.25, -0.2) is 0 Å². The van der Waals surface area contributed by atoms with Crippen LogP contribution in [-0.2, 0) is 19.2 Å². The van der Waals surface area contributed by atoms with Crippen molar-refractivity contribution < 1.29 is 19.2 Å². The van der Waals surface area contributed by atoms with Crippen molar-refractivity contribution in [3.63, 3.8) is 0 Å². The summed E-state index contributed by atoms with van der Waals surface area (Å²) in [5.41, 5.74) is -0.526. The number of rotatable bonds is 6. The van der Waals surface area contributed by atoms with Gasteiger partial charge in [0, 0.05) is 52.1 Å². The molecule has 8 nitrogen and oxygen atoms in total. The number of hydrogen-bond acceptors (Lipinski definition) is 4. The molecule has 0 bridgehead atoms. The van der Waals surface area contributed by atoms with Crippen molar-refractivity contribution in [2.75, 3.05) is 39.3 Å². The molecule has 8 heteroatoms. The lowest BCUT2D eigenvalue weighted by molar-refractivity contribution is -0.146. The van der Waals surface area contributed by atoms with Crippen molar-refractivity contribution in [1.29, 1.82) is 0 Å². The van der Waals surface area contributed by atoms with Gasteiger partial charge < -0.3 is 19.6 Å². The normalized spacial score (nSPS) is 25.9. The summed E-state index contributed by atoms with van der Waals surface area (Å²) in [4.78, 5) is 59.6. The summed E-state index contributed by atoms with van der Waals surface area (Å²) < 4.78 is 0. The van der Waals surface area contributed by atoms with Crippen LogP contribution in [-0.4, -0.2) is 94.6 Å². The molecule has 2 atom stereocenters. The molecule has 0 radical (unpaired) electrons. The van der Waals surface area contributed by atoms with Gasteiger partial charge in [0.05, 0.1) is 0 Å². The third-order valence-corrected chi connectivity index (χ3v) is 7.81. The first kappa shape index (κ1) is 24.0. The van der Waals surface area contributed by atoms with Crippen molar-refractivity contribution in [3.05, 3.63) is 0 Å². The standard InChI is InChI=1S/C25H40N4O4/c1-25(2,17-21(30)28-15-7-9-19(28)23(32)26-11-3-4-12-26)18-22(31)29-16-8-10-20(29)24(33)27-13-5-6-14-27/h19-20H,3-18H2,1-2H3/t19-,20-/m0/s1. The van der Waals surface area contributed by atoms with Gasteiger partial charge in [-0.3, -0.25) is 19.2 Å². The summed E-state index contributed by atoms with van der Waals surface area (Å²) in [6.07, 6.45) is 7.80. The fraction of sp³-hybridized carbons (Fsp3) is 0.840. The smallest absolute Gasteiger partial charge is 0.245 e. The van der Waals surface area contributed by atoms with Crippen molar-refractivity contribution in [1.82, 2.24) is 19.6 Å². The highest BCUT2D eigenvalue weighted by Crippen LogP contribution is 2.32. The van der Waals surface area contributed by atoms with E-state index < -0.39 is 5.41 Å². The van der Waals surface area contributed by atoms with Gasteiger partial charge in [0.2, 0.25) is 23.6 Å². The highest BCUT2D eigenvalue weighted by Gasteiger charge is 2.41. The minimum atomic E-state index is -0.526. The Bertz CT molecular complexity index is 708. The highest BCUT2D eigenvalue weighted by molar-refractivity contribution is 5.90. The van der Waals surface area contributed by atoms with Gasteiger partial charge in [-0.1, -0.05) is 13.8 Å². The average molecular weight is 461 g/mol. The maximum atomic E-state index is 13.2. The molecule has 4 saturated heterocycles. The Kier molecular flexibility index (Phi) is 7.29. The van der Waals surface area contributed by atoms with E-state index in [4.69, 9.17) is 0 Å². The first-order valence-electron chi connectivity index (χ1n) is 12.9. The van der Waals surface area contributed by atoms with Crippen LogP contribution in [0.5, 0.6) is 0 Å². The van der Waals surface area contributed by atoms with Gasteiger partial charge in [0.25, 0.3) is 0 Å². The first-order chi connectivity index (χ1) is 15.8. The fourth-order valence-corrected chi connectivity index (χ4v) is 6.02. The third-order valence-electron chi connectivity index (χ3n) is 7.81. The summed E-state index contributed by atoms with van der Waals surface area (Å²) in [7, 11) is 0. The lowest BCUT2D eigenvalue weighted by Crippen LogP contribution is -2.49. The van der Waals surface area contributed by atoms with Crippen LogP contribution in [0.4, 0.5) is 0 Å². The van der Waals surface area contributed by atoms with Gasteiger partial charge in [0.1, 0.15) is 12.1 Å². The van der Waals surface area contributed by atoms with Crippen molar-refractivity contribution in [2.45, 2.75) is 90.1 Å². The maximum absolute atomic E-state index is 13.2.